The van der Waals surface area contributed by atoms with Crippen LogP contribution in [0, 0.1) is 5.92 Å². The van der Waals surface area contributed by atoms with Crippen LogP contribution in [0.15, 0.2) is 48.2 Å². The van der Waals surface area contributed by atoms with Crippen LogP contribution in [0.3, 0.4) is 0 Å². The molecule has 2 aromatic heterocycles. The fourth-order valence-electron chi connectivity index (χ4n) is 3.59. The minimum Gasteiger partial charge on any atom is -0.336 e. The van der Waals surface area contributed by atoms with E-state index in [0.29, 0.717) is 31.1 Å². The largest absolute Gasteiger partial charge is 0.336 e. The van der Waals surface area contributed by atoms with E-state index in [0.717, 1.165) is 11.4 Å². The van der Waals surface area contributed by atoms with E-state index in [9.17, 15) is 9.59 Å². The number of imidazole rings is 1. The number of carbonyl (C=O) groups is 2. The van der Waals surface area contributed by atoms with Crippen LogP contribution in [0.4, 0.5) is 9.93 Å². The molecule has 0 bridgehead atoms. The number of urea groups is 1. The van der Waals surface area contributed by atoms with Crippen molar-refractivity contribution in [2.75, 3.05) is 18.4 Å². The van der Waals surface area contributed by atoms with Gasteiger partial charge in [-0.25, -0.2) is 9.78 Å². The van der Waals surface area contributed by atoms with Gasteiger partial charge in [-0.05, 0) is 18.4 Å². The number of anilines is 1. The fraction of sp³-hybridized carbons (Fsp3) is 0.350. The van der Waals surface area contributed by atoms with E-state index in [1.807, 2.05) is 48.1 Å². The third-order valence-electron chi connectivity index (χ3n) is 5.26. The predicted molar refractivity (Wildman–Crippen MR) is 113 cm³/mol. The summed E-state index contributed by atoms with van der Waals surface area (Å²) in [5.41, 5.74) is 2.54. The Kier molecular flexibility index (Phi) is 6.03. The van der Waals surface area contributed by atoms with Crippen LogP contribution in [0.1, 0.15) is 30.3 Å². The SMILES string of the molecule is Cn1ccnc1C(NC(=O)N1CCC(C(=O)Nc2nncs2)CC1)c1ccccc1. The molecule has 30 heavy (non-hydrogen) atoms. The van der Waals surface area contributed by atoms with Crippen molar-refractivity contribution in [2.24, 2.45) is 13.0 Å². The lowest BCUT2D eigenvalue weighted by Crippen LogP contribution is -2.47. The fourth-order valence-corrected chi connectivity index (χ4v) is 4.04. The second-order valence-corrected chi connectivity index (χ2v) is 8.02. The lowest BCUT2D eigenvalue weighted by Gasteiger charge is -2.32. The number of likely N-dealkylation sites (tertiary alicyclic amines) is 1. The van der Waals surface area contributed by atoms with E-state index < -0.39 is 0 Å². The van der Waals surface area contributed by atoms with Crippen LogP contribution >= 0.6 is 11.3 Å². The zero-order chi connectivity index (χ0) is 20.9. The zero-order valence-corrected chi connectivity index (χ0v) is 17.4. The minimum atomic E-state index is -0.350. The van der Waals surface area contributed by atoms with Gasteiger partial charge in [0.25, 0.3) is 0 Å². The molecule has 2 N–H and O–H groups in total. The number of benzene rings is 1. The molecule has 10 heteroatoms. The highest BCUT2D eigenvalue weighted by Crippen LogP contribution is 2.23. The third-order valence-corrected chi connectivity index (χ3v) is 5.87. The molecule has 9 nitrogen and oxygen atoms in total. The number of hydrogen-bond acceptors (Lipinski definition) is 6. The molecule has 4 rings (SSSR count). The van der Waals surface area contributed by atoms with Crippen molar-refractivity contribution >= 4 is 28.4 Å². The summed E-state index contributed by atoms with van der Waals surface area (Å²) in [5.74, 6) is 0.556. The van der Waals surface area contributed by atoms with Crippen LogP contribution < -0.4 is 10.6 Å². The summed E-state index contributed by atoms with van der Waals surface area (Å²) >= 11 is 1.29. The Morgan fingerprint density at radius 3 is 2.60 bits per heavy atom. The molecule has 0 radical (unpaired) electrons. The molecule has 3 heterocycles. The number of amides is 3. The van der Waals surface area contributed by atoms with Crippen LogP contribution in [-0.2, 0) is 11.8 Å². The van der Waals surface area contributed by atoms with Gasteiger partial charge in [0.1, 0.15) is 17.4 Å². The molecule has 1 unspecified atom stereocenters. The molecular weight excluding hydrogens is 402 g/mol. The number of hydrogen-bond donors (Lipinski definition) is 2. The number of carbonyl (C=O) groups excluding carboxylic acids is 2. The molecule has 0 aliphatic carbocycles. The zero-order valence-electron chi connectivity index (χ0n) is 16.6. The highest BCUT2D eigenvalue weighted by Gasteiger charge is 2.30. The Hall–Kier alpha value is -3.27. The monoisotopic (exact) mass is 425 g/mol. The van der Waals surface area contributed by atoms with Crippen LogP contribution in [0.2, 0.25) is 0 Å². The number of piperidine rings is 1. The Bertz CT molecular complexity index is 982. The maximum atomic E-state index is 13.0. The average molecular weight is 426 g/mol. The number of aromatic nitrogens is 4. The van der Waals surface area contributed by atoms with E-state index in [4.69, 9.17) is 0 Å². The molecule has 156 valence electrons. The van der Waals surface area contributed by atoms with Gasteiger partial charge in [-0.15, -0.1) is 10.2 Å². The molecule has 3 aromatic rings. The molecule has 1 atom stereocenters. The van der Waals surface area contributed by atoms with Crippen molar-refractivity contribution in [3.63, 3.8) is 0 Å². The average Bonchev–Trinajstić information content (AvgIpc) is 3.44. The first-order valence-corrected chi connectivity index (χ1v) is 10.6. The lowest BCUT2D eigenvalue weighted by molar-refractivity contribution is -0.121. The molecular formula is C20H23N7O2S. The van der Waals surface area contributed by atoms with Gasteiger partial charge in [0.05, 0.1) is 0 Å². The standard InChI is InChI=1S/C20H23N7O2S/c1-26-12-9-21-17(26)16(14-5-3-2-4-6-14)23-20(29)27-10-7-15(8-11-27)18(28)24-19-25-22-13-30-19/h2-6,9,12-13,15-16H,7-8,10-11H2,1H3,(H,23,29)(H,24,25,28). The summed E-state index contributed by atoms with van der Waals surface area (Å²) in [4.78, 5) is 31.6. The van der Waals surface area contributed by atoms with Gasteiger partial charge in [0.15, 0.2) is 0 Å². The molecule has 3 amide bonds. The van der Waals surface area contributed by atoms with Crippen molar-refractivity contribution in [1.29, 1.82) is 0 Å². The van der Waals surface area contributed by atoms with Gasteiger partial charge in [-0.1, -0.05) is 41.7 Å². The van der Waals surface area contributed by atoms with Gasteiger partial charge in [-0.3, -0.25) is 4.79 Å². The van der Waals surface area contributed by atoms with Gasteiger partial charge < -0.3 is 20.1 Å². The van der Waals surface area contributed by atoms with E-state index in [1.165, 1.54) is 11.3 Å². The Morgan fingerprint density at radius 1 is 1.20 bits per heavy atom. The van der Waals surface area contributed by atoms with Crippen LogP contribution in [0.25, 0.3) is 0 Å². The molecule has 1 aromatic carbocycles. The van der Waals surface area contributed by atoms with E-state index >= 15 is 0 Å². The van der Waals surface area contributed by atoms with E-state index in [2.05, 4.69) is 25.8 Å². The summed E-state index contributed by atoms with van der Waals surface area (Å²) in [6.45, 7) is 1.03. The molecule has 1 saturated heterocycles. The van der Waals surface area contributed by atoms with E-state index in [1.54, 1.807) is 16.6 Å². The summed E-state index contributed by atoms with van der Waals surface area (Å²) in [6, 6.07) is 9.28. The van der Waals surface area contributed by atoms with Crippen molar-refractivity contribution in [2.45, 2.75) is 18.9 Å². The normalized spacial score (nSPS) is 15.6. The number of nitrogens with zero attached hydrogens (tertiary/aromatic N) is 5. The molecule has 1 fully saturated rings. The molecule has 0 spiro atoms. The Labute approximate surface area is 178 Å². The van der Waals surface area contributed by atoms with Gasteiger partial charge in [0, 0.05) is 38.4 Å². The summed E-state index contributed by atoms with van der Waals surface area (Å²) in [7, 11) is 1.91. The highest BCUT2D eigenvalue weighted by molar-refractivity contribution is 7.13. The maximum Gasteiger partial charge on any atom is 0.318 e. The van der Waals surface area contributed by atoms with Crippen LogP contribution in [-0.4, -0.2) is 49.7 Å². The second kappa shape index (κ2) is 9.04. The van der Waals surface area contributed by atoms with Gasteiger partial charge in [-0.2, -0.15) is 0 Å². The maximum absolute atomic E-state index is 13.0. The number of nitrogens with one attached hydrogen (secondary N) is 2. The smallest absolute Gasteiger partial charge is 0.318 e. The summed E-state index contributed by atoms with van der Waals surface area (Å²) < 4.78 is 1.90. The van der Waals surface area contributed by atoms with Gasteiger partial charge >= 0.3 is 6.03 Å². The number of rotatable bonds is 5. The van der Waals surface area contributed by atoms with Crippen LogP contribution in [0.5, 0.6) is 0 Å². The first-order chi connectivity index (χ1) is 14.6. The number of aryl methyl sites for hydroxylation is 1. The topological polar surface area (TPSA) is 105 Å². The molecule has 0 saturated carbocycles. The third kappa shape index (κ3) is 4.48. The van der Waals surface area contributed by atoms with Crippen molar-refractivity contribution in [3.8, 4) is 0 Å². The predicted octanol–water partition coefficient (Wildman–Crippen LogP) is 2.42. The second-order valence-electron chi connectivity index (χ2n) is 7.18. The summed E-state index contributed by atoms with van der Waals surface area (Å²) in [5, 5.41) is 14.0. The molecule has 1 aliphatic heterocycles. The quantitative estimate of drug-likeness (QED) is 0.653. The summed E-state index contributed by atoms with van der Waals surface area (Å²) in [6.07, 6.45) is 4.80. The Morgan fingerprint density at radius 2 is 1.97 bits per heavy atom. The first-order valence-electron chi connectivity index (χ1n) is 9.76. The molecule has 1 aliphatic rings. The van der Waals surface area contributed by atoms with Crippen molar-refractivity contribution in [3.05, 3.63) is 59.6 Å². The highest BCUT2D eigenvalue weighted by atomic mass is 32.1. The lowest BCUT2D eigenvalue weighted by atomic mass is 9.96. The Balaban J connectivity index is 1.38. The van der Waals surface area contributed by atoms with Crippen molar-refractivity contribution < 1.29 is 9.59 Å². The van der Waals surface area contributed by atoms with Crippen molar-refractivity contribution in [1.82, 2.24) is 30.0 Å². The van der Waals surface area contributed by atoms with Gasteiger partial charge in [0.2, 0.25) is 11.0 Å². The van der Waals surface area contributed by atoms with E-state index in [-0.39, 0.29) is 23.9 Å². The minimum absolute atomic E-state index is 0.0676. The first kappa shape index (κ1) is 20.0.